The minimum atomic E-state index is 0.266. The number of aromatic nitrogens is 3. The van der Waals surface area contributed by atoms with Gasteiger partial charge in [-0.05, 0) is 0 Å². The third-order valence-corrected chi connectivity index (χ3v) is 2.23. The van der Waals surface area contributed by atoms with Gasteiger partial charge in [-0.3, -0.25) is 4.98 Å². The van der Waals surface area contributed by atoms with Crippen molar-refractivity contribution < 1.29 is 4.52 Å². The Morgan fingerprint density at radius 2 is 2.50 bits per heavy atom. The van der Waals surface area contributed by atoms with E-state index in [9.17, 15) is 0 Å². The van der Waals surface area contributed by atoms with Crippen molar-refractivity contribution in [2.75, 3.05) is 0 Å². The molecule has 0 aliphatic heterocycles. The number of rotatable bonds is 2. The summed E-state index contributed by atoms with van der Waals surface area (Å²) in [6.07, 6.45) is 1.68. The van der Waals surface area contributed by atoms with Crippen LogP contribution in [0.25, 0.3) is 10.8 Å². The zero-order chi connectivity index (χ0) is 8.39. The Bertz CT molecular complexity index is 359. The lowest BCUT2D eigenvalue weighted by molar-refractivity contribution is 0.426. The van der Waals surface area contributed by atoms with Crippen molar-refractivity contribution >= 4 is 22.9 Å². The third-order valence-electron chi connectivity index (χ3n) is 1.23. The summed E-state index contributed by atoms with van der Waals surface area (Å²) in [5.74, 6) is 1.25. The number of hydrogen-bond donors (Lipinski definition) is 0. The summed E-state index contributed by atoms with van der Waals surface area (Å²) in [5.41, 5.74) is 1.71. The van der Waals surface area contributed by atoms with E-state index in [2.05, 4.69) is 15.1 Å². The van der Waals surface area contributed by atoms with E-state index in [1.54, 1.807) is 11.7 Å². The second-order valence-electron chi connectivity index (χ2n) is 2.02. The molecule has 0 aliphatic rings. The first-order valence-corrected chi connectivity index (χ1v) is 4.59. The van der Waals surface area contributed by atoms with Crippen LogP contribution in [0.1, 0.15) is 5.82 Å². The van der Waals surface area contributed by atoms with Crippen molar-refractivity contribution in [2.24, 2.45) is 0 Å². The predicted molar refractivity (Wildman–Crippen MR) is 45.0 cm³/mol. The zero-order valence-electron chi connectivity index (χ0n) is 5.90. The third kappa shape index (κ3) is 1.33. The molecule has 0 atom stereocenters. The molecule has 4 nitrogen and oxygen atoms in total. The lowest BCUT2D eigenvalue weighted by Crippen LogP contribution is -1.78. The molecule has 0 saturated heterocycles. The highest BCUT2D eigenvalue weighted by molar-refractivity contribution is 7.13. The Kier molecular flexibility index (Phi) is 2.05. The van der Waals surface area contributed by atoms with E-state index in [-0.39, 0.29) is 5.88 Å². The van der Waals surface area contributed by atoms with Crippen LogP contribution < -0.4 is 0 Å². The lowest BCUT2D eigenvalue weighted by atomic mass is 10.5. The molecule has 2 aromatic heterocycles. The molecule has 12 heavy (non-hydrogen) atoms. The van der Waals surface area contributed by atoms with Crippen LogP contribution in [0.3, 0.4) is 0 Å². The number of hydrogen-bond acceptors (Lipinski definition) is 5. The standard InChI is InChI=1S/C6H4ClN3OS/c7-1-5-9-6(11-10-5)4-2-8-3-12-4/h2-3H,1H2. The summed E-state index contributed by atoms with van der Waals surface area (Å²) >= 11 is 6.95. The number of nitrogens with zero attached hydrogens (tertiary/aromatic N) is 3. The highest BCUT2D eigenvalue weighted by Gasteiger charge is 2.08. The summed E-state index contributed by atoms with van der Waals surface area (Å²) in [6, 6.07) is 0. The van der Waals surface area contributed by atoms with Crippen LogP contribution in [-0.2, 0) is 5.88 Å². The van der Waals surface area contributed by atoms with Gasteiger partial charge in [-0.2, -0.15) is 4.98 Å². The molecule has 0 saturated carbocycles. The maximum Gasteiger partial charge on any atom is 0.269 e. The van der Waals surface area contributed by atoms with E-state index < -0.39 is 0 Å². The average molecular weight is 202 g/mol. The first-order chi connectivity index (χ1) is 5.90. The topological polar surface area (TPSA) is 51.8 Å². The number of halogens is 1. The van der Waals surface area contributed by atoms with Gasteiger partial charge in [-0.25, -0.2) is 0 Å². The minimum Gasteiger partial charge on any atom is -0.333 e. The Morgan fingerprint density at radius 1 is 1.58 bits per heavy atom. The van der Waals surface area contributed by atoms with Gasteiger partial charge in [-0.1, -0.05) is 5.16 Å². The van der Waals surface area contributed by atoms with Crippen LogP contribution in [0.15, 0.2) is 16.2 Å². The predicted octanol–water partition coefficient (Wildman–Crippen LogP) is 1.93. The van der Waals surface area contributed by atoms with Crippen LogP contribution in [-0.4, -0.2) is 15.1 Å². The van der Waals surface area contributed by atoms with Crippen molar-refractivity contribution in [2.45, 2.75) is 5.88 Å². The van der Waals surface area contributed by atoms with E-state index in [0.717, 1.165) is 4.88 Å². The zero-order valence-corrected chi connectivity index (χ0v) is 7.47. The quantitative estimate of drug-likeness (QED) is 0.697. The smallest absolute Gasteiger partial charge is 0.269 e. The first kappa shape index (κ1) is 7.70. The monoisotopic (exact) mass is 201 g/mol. The fourth-order valence-corrected chi connectivity index (χ4v) is 1.38. The van der Waals surface area contributed by atoms with Crippen LogP contribution in [0, 0.1) is 0 Å². The lowest BCUT2D eigenvalue weighted by Gasteiger charge is -1.80. The van der Waals surface area contributed by atoms with Gasteiger partial charge in [0.2, 0.25) is 0 Å². The van der Waals surface area contributed by atoms with Crippen molar-refractivity contribution in [1.82, 2.24) is 15.1 Å². The summed E-state index contributed by atoms with van der Waals surface area (Å²) in [4.78, 5) is 8.78. The number of thiazole rings is 1. The highest BCUT2D eigenvalue weighted by atomic mass is 35.5. The Balaban J connectivity index is 2.35. The Morgan fingerprint density at radius 3 is 3.08 bits per heavy atom. The normalized spacial score (nSPS) is 10.4. The van der Waals surface area contributed by atoms with Gasteiger partial charge < -0.3 is 4.52 Å². The van der Waals surface area contributed by atoms with Gasteiger partial charge >= 0.3 is 0 Å². The van der Waals surface area contributed by atoms with Crippen LogP contribution in [0.5, 0.6) is 0 Å². The van der Waals surface area contributed by atoms with Crippen LogP contribution in [0.4, 0.5) is 0 Å². The second-order valence-corrected chi connectivity index (χ2v) is 3.17. The van der Waals surface area contributed by atoms with E-state index >= 15 is 0 Å². The van der Waals surface area contributed by atoms with Gasteiger partial charge in [0.1, 0.15) is 4.88 Å². The largest absolute Gasteiger partial charge is 0.333 e. The molecule has 0 radical (unpaired) electrons. The first-order valence-electron chi connectivity index (χ1n) is 3.17. The molecule has 0 spiro atoms. The highest BCUT2D eigenvalue weighted by Crippen LogP contribution is 2.20. The van der Waals surface area contributed by atoms with Crippen molar-refractivity contribution in [3.8, 4) is 10.8 Å². The molecular weight excluding hydrogens is 198 g/mol. The van der Waals surface area contributed by atoms with Crippen molar-refractivity contribution in [1.29, 1.82) is 0 Å². The van der Waals surface area contributed by atoms with Crippen LogP contribution >= 0.6 is 22.9 Å². The molecule has 62 valence electrons. The number of alkyl halides is 1. The summed E-state index contributed by atoms with van der Waals surface area (Å²) in [7, 11) is 0. The fourth-order valence-electron chi connectivity index (χ4n) is 0.730. The maximum absolute atomic E-state index is 5.50. The van der Waals surface area contributed by atoms with Crippen molar-refractivity contribution in [3.63, 3.8) is 0 Å². The molecule has 6 heteroatoms. The molecule has 2 aromatic rings. The molecule has 0 bridgehead atoms. The maximum atomic E-state index is 5.50. The van der Waals surface area contributed by atoms with Gasteiger partial charge in [-0.15, -0.1) is 22.9 Å². The molecule has 0 fully saturated rings. The summed E-state index contributed by atoms with van der Waals surface area (Å²) in [5, 5.41) is 3.65. The molecule has 0 aromatic carbocycles. The molecule has 2 rings (SSSR count). The molecular formula is C6H4ClN3OS. The van der Waals surface area contributed by atoms with E-state index in [0.29, 0.717) is 11.7 Å². The Labute approximate surface area is 77.2 Å². The van der Waals surface area contributed by atoms with Gasteiger partial charge in [0.05, 0.1) is 17.6 Å². The molecule has 0 amide bonds. The fraction of sp³-hybridized carbons (Fsp3) is 0.167. The molecule has 0 unspecified atom stereocenters. The Hall–Kier alpha value is -0.940. The summed E-state index contributed by atoms with van der Waals surface area (Å²) in [6.45, 7) is 0. The average Bonchev–Trinajstić information content (AvgIpc) is 2.75. The van der Waals surface area contributed by atoms with Crippen molar-refractivity contribution in [3.05, 3.63) is 17.5 Å². The minimum absolute atomic E-state index is 0.266. The van der Waals surface area contributed by atoms with Gasteiger partial charge in [0, 0.05) is 0 Å². The second kappa shape index (κ2) is 3.20. The molecule has 0 N–H and O–H groups in total. The van der Waals surface area contributed by atoms with Gasteiger partial charge in [0.25, 0.3) is 5.89 Å². The van der Waals surface area contributed by atoms with E-state index in [4.69, 9.17) is 16.1 Å². The SMILES string of the molecule is ClCc1noc(-c2cncs2)n1. The molecule has 0 aliphatic carbocycles. The molecule has 2 heterocycles. The summed E-state index contributed by atoms with van der Waals surface area (Å²) < 4.78 is 4.92. The van der Waals surface area contributed by atoms with Crippen LogP contribution in [0.2, 0.25) is 0 Å². The van der Waals surface area contributed by atoms with E-state index in [1.807, 2.05) is 0 Å². The van der Waals surface area contributed by atoms with E-state index in [1.165, 1.54) is 11.3 Å². The van der Waals surface area contributed by atoms with Gasteiger partial charge in [0.15, 0.2) is 5.82 Å².